The Hall–Kier alpha value is -1.41. The van der Waals surface area contributed by atoms with E-state index >= 15 is 0 Å². The second-order valence-corrected chi connectivity index (χ2v) is 2.90. The number of nitrogens with two attached hydrogens (primary N) is 1. The van der Waals surface area contributed by atoms with Crippen LogP contribution < -0.4 is 5.73 Å². The van der Waals surface area contributed by atoms with Crippen LogP contribution in [0.2, 0.25) is 0 Å². The fraction of sp³-hybridized carbons (Fsp3) is 0. The zero-order chi connectivity index (χ0) is 8.97. The molecule has 1 rings (SSSR count). The van der Waals surface area contributed by atoms with Gasteiger partial charge in [-0.1, -0.05) is 0 Å². The Morgan fingerprint density at radius 3 is 3.00 bits per heavy atom. The Labute approximate surface area is 77.9 Å². The molecule has 0 spiro atoms. The minimum absolute atomic E-state index is 0.173. The molecule has 0 bridgehead atoms. The molecule has 0 atom stereocenters. The van der Waals surface area contributed by atoms with Crippen LogP contribution in [-0.4, -0.2) is 10.8 Å². The van der Waals surface area contributed by atoms with Crippen LogP contribution in [0.25, 0.3) is 0 Å². The minimum Gasteiger partial charge on any atom is -0.382 e. The highest BCUT2D eigenvalue weighted by Crippen LogP contribution is 2.08. The summed E-state index contributed by atoms with van der Waals surface area (Å²) in [5, 5.41) is 8.22. The van der Waals surface area contributed by atoms with E-state index in [1.165, 1.54) is 0 Å². The van der Waals surface area contributed by atoms with Gasteiger partial charge >= 0.3 is 0 Å². The van der Waals surface area contributed by atoms with E-state index in [9.17, 15) is 0 Å². The lowest BCUT2D eigenvalue weighted by molar-refractivity contribution is 1.28. The third kappa shape index (κ3) is 2.04. The Morgan fingerprint density at radius 1 is 1.67 bits per heavy atom. The van der Waals surface area contributed by atoms with E-state index < -0.39 is 0 Å². The number of amidine groups is 1. The summed E-state index contributed by atoms with van der Waals surface area (Å²) in [4.78, 5) is 7.25. The molecule has 1 aromatic heterocycles. The van der Waals surface area contributed by atoms with E-state index in [2.05, 4.69) is 25.9 Å². The Balaban J connectivity index is 3.05. The first-order valence-corrected chi connectivity index (χ1v) is 3.86. The van der Waals surface area contributed by atoms with Gasteiger partial charge in [0.1, 0.15) is 5.84 Å². The van der Waals surface area contributed by atoms with Crippen molar-refractivity contribution in [1.82, 2.24) is 4.98 Å². The Kier molecular flexibility index (Phi) is 2.77. The van der Waals surface area contributed by atoms with Crippen LogP contribution in [0.15, 0.2) is 27.9 Å². The molecule has 0 aliphatic heterocycles. The van der Waals surface area contributed by atoms with Gasteiger partial charge in [-0.25, -0.2) is 0 Å². The van der Waals surface area contributed by atoms with Gasteiger partial charge in [0, 0.05) is 22.4 Å². The standard InChI is InChI=1S/C7H5BrN4/c8-6-1-5(2-11-3-6)7(10)12-4-9/h1-3H,(H2,10,12). The second kappa shape index (κ2) is 3.83. The normalized spacial score (nSPS) is 10.8. The topological polar surface area (TPSA) is 75.1 Å². The smallest absolute Gasteiger partial charge is 0.207 e. The molecule has 0 aliphatic rings. The lowest BCUT2D eigenvalue weighted by Gasteiger charge is -1.96. The summed E-state index contributed by atoms with van der Waals surface area (Å²) in [7, 11) is 0. The van der Waals surface area contributed by atoms with Crippen molar-refractivity contribution >= 4 is 21.8 Å². The van der Waals surface area contributed by atoms with Crippen LogP contribution in [0.4, 0.5) is 0 Å². The molecule has 2 N–H and O–H groups in total. The number of aromatic nitrogens is 1. The third-order valence-electron chi connectivity index (χ3n) is 1.17. The first-order chi connectivity index (χ1) is 5.74. The van der Waals surface area contributed by atoms with Crippen LogP contribution >= 0.6 is 15.9 Å². The average molecular weight is 225 g/mol. The highest BCUT2D eigenvalue weighted by Gasteiger charge is 1.98. The summed E-state index contributed by atoms with van der Waals surface area (Å²) >= 11 is 3.23. The van der Waals surface area contributed by atoms with E-state index in [4.69, 9.17) is 11.0 Å². The Bertz CT molecular complexity index is 353. The van der Waals surface area contributed by atoms with Crippen molar-refractivity contribution in [3.05, 3.63) is 28.5 Å². The number of aliphatic imine (C=N–C) groups is 1. The van der Waals surface area contributed by atoms with Crippen molar-refractivity contribution in [3.8, 4) is 6.19 Å². The molecule has 1 aromatic rings. The number of nitriles is 1. The van der Waals surface area contributed by atoms with Gasteiger partial charge in [0.25, 0.3) is 0 Å². The molecule has 4 nitrogen and oxygen atoms in total. The third-order valence-corrected chi connectivity index (χ3v) is 1.60. The van der Waals surface area contributed by atoms with Gasteiger partial charge in [-0.15, -0.1) is 0 Å². The maximum Gasteiger partial charge on any atom is 0.207 e. The Morgan fingerprint density at radius 2 is 2.42 bits per heavy atom. The van der Waals surface area contributed by atoms with Gasteiger partial charge in [-0.3, -0.25) is 4.98 Å². The molecule has 60 valence electrons. The van der Waals surface area contributed by atoms with Gasteiger partial charge in [-0.2, -0.15) is 10.3 Å². The first-order valence-electron chi connectivity index (χ1n) is 3.07. The number of hydrogen-bond donors (Lipinski definition) is 1. The molecule has 0 aromatic carbocycles. The molecular weight excluding hydrogens is 220 g/mol. The van der Waals surface area contributed by atoms with E-state index in [1.54, 1.807) is 24.7 Å². The molecule has 0 saturated carbocycles. The van der Waals surface area contributed by atoms with Crippen molar-refractivity contribution in [3.63, 3.8) is 0 Å². The maximum absolute atomic E-state index is 8.22. The van der Waals surface area contributed by atoms with Gasteiger partial charge in [-0.05, 0) is 22.0 Å². The predicted octanol–water partition coefficient (Wildman–Crippen LogP) is 1.03. The van der Waals surface area contributed by atoms with Crippen LogP contribution in [0.3, 0.4) is 0 Å². The minimum atomic E-state index is 0.173. The SMILES string of the molecule is N#CN=C(N)c1cncc(Br)c1. The number of pyridine rings is 1. The number of hydrogen-bond acceptors (Lipinski definition) is 3. The molecular formula is C7H5BrN4. The molecule has 0 amide bonds. The number of halogens is 1. The molecule has 0 radical (unpaired) electrons. The summed E-state index contributed by atoms with van der Waals surface area (Å²) < 4.78 is 0.802. The van der Waals surface area contributed by atoms with Crippen molar-refractivity contribution in [2.45, 2.75) is 0 Å². The fourth-order valence-corrected chi connectivity index (χ4v) is 1.04. The largest absolute Gasteiger partial charge is 0.382 e. The zero-order valence-electron chi connectivity index (χ0n) is 6.03. The van der Waals surface area contributed by atoms with Crippen molar-refractivity contribution in [1.29, 1.82) is 5.26 Å². The molecule has 12 heavy (non-hydrogen) atoms. The highest BCUT2D eigenvalue weighted by molar-refractivity contribution is 9.10. The quantitative estimate of drug-likeness (QED) is 0.440. The van der Waals surface area contributed by atoms with Crippen LogP contribution in [0, 0.1) is 11.5 Å². The monoisotopic (exact) mass is 224 g/mol. The van der Waals surface area contributed by atoms with Crippen molar-refractivity contribution in [2.75, 3.05) is 0 Å². The molecule has 1 heterocycles. The van der Waals surface area contributed by atoms with Crippen LogP contribution in [-0.2, 0) is 0 Å². The second-order valence-electron chi connectivity index (χ2n) is 1.99. The highest BCUT2D eigenvalue weighted by atomic mass is 79.9. The molecule has 0 unspecified atom stereocenters. The average Bonchev–Trinajstić information content (AvgIpc) is 2.05. The van der Waals surface area contributed by atoms with Crippen LogP contribution in [0.5, 0.6) is 0 Å². The van der Waals surface area contributed by atoms with Crippen molar-refractivity contribution < 1.29 is 0 Å². The van der Waals surface area contributed by atoms with Crippen LogP contribution in [0.1, 0.15) is 5.56 Å². The molecule has 5 heteroatoms. The maximum atomic E-state index is 8.22. The fourth-order valence-electron chi connectivity index (χ4n) is 0.670. The number of nitrogens with zero attached hydrogens (tertiary/aromatic N) is 3. The van der Waals surface area contributed by atoms with Gasteiger partial charge < -0.3 is 5.73 Å². The molecule has 0 fully saturated rings. The lowest BCUT2D eigenvalue weighted by Crippen LogP contribution is -2.12. The van der Waals surface area contributed by atoms with Gasteiger partial charge in [0.2, 0.25) is 6.19 Å². The molecule has 0 saturated heterocycles. The van der Waals surface area contributed by atoms with E-state index in [1.807, 2.05) is 0 Å². The first kappa shape index (κ1) is 8.68. The summed E-state index contributed by atoms with van der Waals surface area (Å²) in [6.45, 7) is 0. The predicted molar refractivity (Wildman–Crippen MR) is 48.3 cm³/mol. The van der Waals surface area contributed by atoms with E-state index in [0.717, 1.165) is 4.47 Å². The van der Waals surface area contributed by atoms with Crippen molar-refractivity contribution in [2.24, 2.45) is 10.7 Å². The molecule has 0 aliphatic carbocycles. The van der Waals surface area contributed by atoms with E-state index in [0.29, 0.717) is 5.56 Å². The summed E-state index contributed by atoms with van der Waals surface area (Å²) in [6.07, 6.45) is 4.78. The van der Waals surface area contributed by atoms with Gasteiger partial charge in [0.15, 0.2) is 0 Å². The summed E-state index contributed by atoms with van der Waals surface area (Å²) in [5.74, 6) is 0.173. The van der Waals surface area contributed by atoms with Gasteiger partial charge in [0.05, 0.1) is 0 Å². The van der Waals surface area contributed by atoms with E-state index in [-0.39, 0.29) is 5.84 Å². The zero-order valence-corrected chi connectivity index (χ0v) is 7.62. The number of rotatable bonds is 1. The summed E-state index contributed by atoms with van der Waals surface area (Å²) in [5.41, 5.74) is 6.07. The summed E-state index contributed by atoms with van der Waals surface area (Å²) in [6, 6.07) is 1.74. The lowest BCUT2D eigenvalue weighted by atomic mass is 10.3.